The topological polar surface area (TPSA) is 57.8 Å². The molecule has 98 valence electrons. The first-order valence-corrected chi connectivity index (χ1v) is 4.71. The highest BCUT2D eigenvalue weighted by Crippen LogP contribution is 2.31. The summed E-state index contributed by atoms with van der Waals surface area (Å²) in [5.41, 5.74) is -0.173. The number of amides is 1. The van der Waals surface area contributed by atoms with Gasteiger partial charge in [-0.2, -0.15) is 13.2 Å². The molecular formula is C10H9ClF3N3O. The third kappa shape index (κ3) is 2.92. The van der Waals surface area contributed by atoms with Crippen molar-refractivity contribution < 1.29 is 18.0 Å². The van der Waals surface area contributed by atoms with Crippen molar-refractivity contribution in [1.82, 2.24) is 9.97 Å². The number of aromatic amines is 1. The smallest absolute Gasteiger partial charge is 0.324 e. The average molecular weight is 280 g/mol. The summed E-state index contributed by atoms with van der Waals surface area (Å²) in [5, 5.41) is 2.37. The molecule has 1 aromatic heterocycles. The standard InChI is InChI=1S/C10H8F3N3O.ClH/c1-5(17)14-9-15-7-3-2-6(10(11,12)13)4-8(7)16-9;/h2-4H,1H3,(H2,14,15,16,17);1H. The molecule has 0 atom stereocenters. The summed E-state index contributed by atoms with van der Waals surface area (Å²) in [4.78, 5) is 17.3. The summed E-state index contributed by atoms with van der Waals surface area (Å²) >= 11 is 0. The number of rotatable bonds is 1. The van der Waals surface area contributed by atoms with Crippen LogP contribution in [0.4, 0.5) is 19.1 Å². The van der Waals surface area contributed by atoms with E-state index in [1.165, 1.54) is 13.0 Å². The van der Waals surface area contributed by atoms with Gasteiger partial charge in [0.1, 0.15) is 0 Å². The maximum absolute atomic E-state index is 12.4. The van der Waals surface area contributed by atoms with Crippen molar-refractivity contribution >= 4 is 35.3 Å². The van der Waals surface area contributed by atoms with Crippen molar-refractivity contribution in [3.8, 4) is 0 Å². The maximum atomic E-state index is 12.4. The molecule has 18 heavy (non-hydrogen) atoms. The van der Waals surface area contributed by atoms with Gasteiger partial charge in [-0.05, 0) is 18.2 Å². The summed E-state index contributed by atoms with van der Waals surface area (Å²) in [5.74, 6) is -0.216. The Morgan fingerprint density at radius 1 is 1.39 bits per heavy atom. The molecule has 8 heteroatoms. The Morgan fingerprint density at radius 2 is 2.06 bits per heavy atom. The van der Waals surface area contributed by atoms with Gasteiger partial charge in [0.2, 0.25) is 11.9 Å². The van der Waals surface area contributed by atoms with E-state index in [-0.39, 0.29) is 29.8 Å². The first-order valence-electron chi connectivity index (χ1n) is 4.71. The molecule has 0 bridgehead atoms. The van der Waals surface area contributed by atoms with Crippen LogP contribution in [-0.2, 0) is 11.0 Å². The van der Waals surface area contributed by atoms with Crippen LogP contribution in [-0.4, -0.2) is 15.9 Å². The molecule has 1 heterocycles. The van der Waals surface area contributed by atoms with Crippen molar-refractivity contribution in [3.05, 3.63) is 23.8 Å². The van der Waals surface area contributed by atoms with E-state index in [9.17, 15) is 18.0 Å². The van der Waals surface area contributed by atoms with E-state index in [4.69, 9.17) is 0 Å². The van der Waals surface area contributed by atoms with Gasteiger partial charge in [-0.3, -0.25) is 10.1 Å². The highest BCUT2D eigenvalue weighted by Gasteiger charge is 2.30. The molecule has 0 radical (unpaired) electrons. The number of nitrogens with one attached hydrogen (secondary N) is 2. The van der Waals surface area contributed by atoms with Crippen LogP contribution in [0.25, 0.3) is 11.0 Å². The minimum absolute atomic E-state index is 0. The Morgan fingerprint density at radius 3 is 2.61 bits per heavy atom. The second kappa shape index (κ2) is 4.85. The minimum Gasteiger partial charge on any atom is -0.324 e. The van der Waals surface area contributed by atoms with E-state index >= 15 is 0 Å². The molecule has 1 amide bonds. The lowest BCUT2D eigenvalue weighted by molar-refractivity contribution is -0.137. The predicted octanol–water partition coefficient (Wildman–Crippen LogP) is 2.96. The molecule has 0 unspecified atom stereocenters. The van der Waals surface area contributed by atoms with Gasteiger partial charge in [-0.1, -0.05) is 0 Å². The number of H-pyrrole nitrogens is 1. The second-order valence-electron chi connectivity index (χ2n) is 3.50. The van der Waals surface area contributed by atoms with Crippen molar-refractivity contribution in [2.75, 3.05) is 5.32 Å². The number of halogens is 4. The third-order valence-corrected chi connectivity index (χ3v) is 2.10. The number of hydrogen-bond donors (Lipinski definition) is 2. The number of aromatic nitrogens is 2. The zero-order chi connectivity index (χ0) is 12.6. The molecule has 0 aliphatic heterocycles. The van der Waals surface area contributed by atoms with Crippen molar-refractivity contribution in [2.45, 2.75) is 13.1 Å². The van der Waals surface area contributed by atoms with Gasteiger partial charge in [0.25, 0.3) is 0 Å². The Balaban J connectivity index is 0.00000162. The lowest BCUT2D eigenvalue weighted by Crippen LogP contribution is -2.06. The molecule has 0 saturated carbocycles. The summed E-state index contributed by atoms with van der Waals surface area (Å²) in [7, 11) is 0. The number of benzene rings is 1. The van der Waals surface area contributed by atoms with Crippen LogP contribution in [0.1, 0.15) is 12.5 Å². The number of alkyl halides is 3. The number of carbonyl (C=O) groups is 1. The molecule has 0 fully saturated rings. The number of nitrogens with zero attached hydrogens (tertiary/aromatic N) is 1. The van der Waals surface area contributed by atoms with Crippen LogP contribution in [0, 0.1) is 0 Å². The fourth-order valence-corrected chi connectivity index (χ4v) is 1.41. The minimum atomic E-state index is -4.40. The molecule has 0 aliphatic rings. The van der Waals surface area contributed by atoms with Crippen molar-refractivity contribution in [2.24, 2.45) is 0 Å². The fraction of sp³-hybridized carbons (Fsp3) is 0.200. The van der Waals surface area contributed by atoms with Crippen LogP contribution >= 0.6 is 12.4 Å². The largest absolute Gasteiger partial charge is 0.416 e. The van der Waals surface area contributed by atoms with Gasteiger partial charge in [-0.25, -0.2) is 4.98 Å². The first-order chi connectivity index (χ1) is 7.86. The van der Waals surface area contributed by atoms with Crippen LogP contribution in [0.5, 0.6) is 0 Å². The zero-order valence-corrected chi connectivity index (χ0v) is 9.95. The average Bonchev–Trinajstić information content (AvgIpc) is 2.55. The first kappa shape index (κ1) is 14.3. The van der Waals surface area contributed by atoms with Gasteiger partial charge >= 0.3 is 6.18 Å². The number of imidazole rings is 1. The zero-order valence-electron chi connectivity index (χ0n) is 9.13. The fourth-order valence-electron chi connectivity index (χ4n) is 1.41. The lowest BCUT2D eigenvalue weighted by atomic mass is 10.2. The number of anilines is 1. The molecule has 1 aromatic carbocycles. The highest BCUT2D eigenvalue weighted by atomic mass is 35.5. The van der Waals surface area contributed by atoms with Crippen LogP contribution in [0.15, 0.2) is 18.2 Å². The monoisotopic (exact) mass is 279 g/mol. The molecular weight excluding hydrogens is 271 g/mol. The predicted molar refractivity (Wildman–Crippen MR) is 62.6 cm³/mol. The van der Waals surface area contributed by atoms with Gasteiger partial charge in [0.05, 0.1) is 16.6 Å². The summed E-state index contributed by atoms with van der Waals surface area (Å²) in [6.45, 7) is 1.29. The number of carbonyl (C=O) groups excluding carboxylic acids is 1. The van der Waals surface area contributed by atoms with Crippen molar-refractivity contribution in [1.29, 1.82) is 0 Å². The lowest BCUT2D eigenvalue weighted by Gasteiger charge is -2.04. The maximum Gasteiger partial charge on any atom is 0.416 e. The van der Waals surface area contributed by atoms with E-state index in [0.29, 0.717) is 5.52 Å². The molecule has 4 nitrogen and oxygen atoms in total. The second-order valence-corrected chi connectivity index (χ2v) is 3.50. The highest BCUT2D eigenvalue weighted by molar-refractivity contribution is 5.89. The SMILES string of the molecule is CC(=O)Nc1nc2ccc(C(F)(F)F)cc2[nH]1.Cl. The van der Waals surface area contributed by atoms with E-state index < -0.39 is 11.7 Å². The van der Waals surface area contributed by atoms with Gasteiger partial charge < -0.3 is 4.98 Å². The van der Waals surface area contributed by atoms with E-state index in [1.54, 1.807) is 0 Å². The number of hydrogen-bond acceptors (Lipinski definition) is 2. The van der Waals surface area contributed by atoms with E-state index in [2.05, 4.69) is 15.3 Å². The van der Waals surface area contributed by atoms with Gasteiger partial charge in [0.15, 0.2) is 0 Å². The molecule has 2 rings (SSSR count). The number of fused-ring (bicyclic) bond motifs is 1. The van der Waals surface area contributed by atoms with Crippen LogP contribution < -0.4 is 5.32 Å². The molecule has 2 N–H and O–H groups in total. The Bertz CT molecular complexity index is 579. The molecule has 0 saturated heterocycles. The quantitative estimate of drug-likeness (QED) is 0.843. The molecule has 0 spiro atoms. The third-order valence-electron chi connectivity index (χ3n) is 2.10. The molecule has 2 aromatic rings. The van der Waals surface area contributed by atoms with Crippen LogP contribution in [0.2, 0.25) is 0 Å². The van der Waals surface area contributed by atoms with E-state index in [0.717, 1.165) is 12.1 Å². The summed E-state index contributed by atoms with van der Waals surface area (Å²) in [6.07, 6.45) is -4.40. The van der Waals surface area contributed by atoms with Crippen molar-refractivity contribution in [3.63, 3.8) is 0 Å². The Labute approximate surface area is 106 Å². The van der Waals surface area contributed by atoms with Gasteiger partial charge in [0, 0.05) is 6.92 Å². The normalized spacial score (nSPS) is 11.1. The van der Waals surface area contributed by atoms with Crippen LogP contribution in [0.3, 0.4) is 0 Å². The van der Waals surface area contributed by atoms with E-state index in [1.807, 2.05) is 0 Å². The summed E-state index contributed by atoms with van der Waals surface area (Å²) < 4.78 is 37.3. The molecule has 0 aliphatic carbocycles. The Hall–Kier alpha value is -1.76. The summed E-state index contributed by atoms with van der Waals surface area (Å²) in [6, 6.07) is 3.15. The Kier molecular flexibility index (Phi) is 3.85. The van der Waals surface area contributed by atoms with Gasteiger partial charge in [-0.15, -0.1) is 12.4 Å².